The fourth-order valence-electron chi connectivity index (χ4n) is 3.96. The van der Waals surface area contributed by atoms with Gasteiger partial charge in [-0.1, -0.05) is 17.7 Å². The molecule has 0 bridgehead atoms. The van der Waals surface area contributed by atoms with E-state index in [4.69, 9.17) is 5.10 Å². The van der Waals surface area contributed by atoms with Gasteiger partial charge < -0.3 is 14.8 Å². The van der Waals surface area contributed by atoms with Gasteiger partial charge in [0.1, 0.15) is 5.69 Å². The van der Waals surface area contributed by atoms with Crippen molar-refractivity contribution in [3.63, 3.8) is 0 Å². The van der Waals surface area contributed by atoms with Crippen molar-refractivity contribution >= 4 is 11.6 Å². The number of fused-ring (bicyclic) bond motifs is 1. The smallest absolute Gasteiger partial charge is 0.229 e. The molecule has 5 rings (SSSR count). The van der Waals surface area contributed by atoms with Gasteiger partial charge in [-0.3, -0.25) is 9.48 Å². The quantitative estimate of drug-likeness (QED) is 0.775. The third-order valence-corrected chi connectivity index (χ3v) is 5.41. The van der Waals surface area contributed by atoms with E-state index in [0.29, 0.717) is 13.0 Å². The number of hydrogen-bond donors (Lipinski definition) is 1. The molecule has 138 valence electrons. The molecule has 4 heterocycles. The third-order valence-electron chi connectivity index (χ3n) is 5.41. The number of imidazole rings is 1. The van der Waals surface area contributed by atoms with Gasteiger partial charge in [0.2, 0.25) is 5.91 Å². The van der Waals surface area contributed by atoms with Gasteiger partial charge in [0, 0.05) is 44.1 Å². The molecule has 3 aromatic rings. The first-order chi connectivity index (χ1) is 13.2. The van der Waals surface area contributed by atoms with Crippen LogP contribution >= 0.6 is 0 Å². The Kier molecular flexibility index (Phi) is 3.82. The van der Waals surface area contributed by atoms with Crippen molar-refractivity contribution < 1.29 is 4.79 Å². The van der Waals surface area contributed by atoms with Crippen molar-refractivity contribution in [2.75, 3.05) is 18.0 Å². The van der Waals surface area contributed by atoms with Gasteiger partial charge in [0.15, 0.2) is 5.82 Å². The molecule has 0 spiro atoms. The minimum Gasteiger partial charge on any atom is -0.324 e. The van der Waals surface area contributed by atoms with Gasteiger partial charge in [0.25, 0.3) is 0 Å². The van der Waals surface area contributed by atoms with E-state index in [9.17, 15) is 4.79 Å². The Labute approximate surface area is 157 Å². The number of rotatable bonds is 3. The first-order valence-corrected chi connectivity index (χ1v) is 9.37. The second kappa shape index (κ2) is 6.35. The average molecular weight is 362 g/mol. The largest absolute Gasteiger partial charge is 0.324 e. The van der Waals surface area contributed by atoms with Crippen LogP contribution in [0.4, 0.5) is 5.69 Å². The Morgan fingerprint density at radius 1 is 1.22 bits per heavy atom. The highest BCUT2D eigenvalue weighted by molar-refractivity contribution is 5.96. The number of aromatic nitrogens is 4. The summed E-state index contributed by atoms with van der Waals surface area (Å²) in [6, 6.07) is 10.3. The molecule has 2 aliphatic rings. The lowest BCUT2D eigenvalue weighted by Crippen LogP contribution is -2.28. The molecule has 1 fully saturated rings. The van der Waals surface area contributed by atoms with E-state index in [0.717, 1.165) is 36.8 Å². The highest BCUT2D eigenvalue weighted by atomic mass is 16.2. The molecule has 0 radical (unpaired) electrons. The zero-order valence-corrected chi connectivity index (χ0v) is 15.3. The minimum atomic E-state index is 0.0631. The molecule has 1 atom stereocenters. The summed E-state index contributed by atoms with van der Waals surface area (Å²) in [5, 5.41) is 8.09. The van der Waals surface area contributed by atoms with Crippen LogP contribution in [0.25, 0.3) is 11.5 Å². The van der Waals surface area contributed by atoms with Crippen LogP contribution in [0.5, 0.6) is 0 Å². The number of nitrogens with zero attached hydrogens (tertiary/aromatic N) is 5. The topological polar surface area (TPSA) is 68.0 Å². The number of anilines is 1. The summed E-state index contributed by atoms with van der Waals surface area (Å²) in [4.78, 5) is 19.1. The summed E-state index contributed by atoms with van der Waals surface area (Å²) in [5.74, 6) is 0.984. The first-order valence-electron chi connectivity index (χ1n) is 9.37. The summed E-state index contributed by atoms with van der Waals surface area (Å²) in [6.07, 6.45) is 4.24. The van der Waals surface area contributed by atoms with Gasteiger partial charge >= 0.3 is 0 Å². The normalized spacial score (nSPS) is 19.5. The number of hydrogen-bond acceptors (Lipinski definition) is 4. The Morgan fingerprint density at radius 2 is 2.07 bits per heavy atom. The maximum Gasteiger partial charge on any atom is 0.229 e. The molecule has 1 aromatic carbocycles. The Hall–Kier alpha value is -2.93. The number of amides is 1. The van der Waals surface area contributed by atoms with Gasteiger partial charge in [0.05, 0.1) is 18.3 Å². The van der Waals surface area contributed by atoms with Crippen LogP contribution in [0.15, 0.2) is 42.7 Å². The molecule has 27 heavy (non-hydrogen) atoms. The summed E-state index contributed by atoms with van der Waals surface area (Å²) in [7, 11) is 0. The van der Waals surface area contributed by atoms with Crippen LogP contribution in [0.2, 0.25) is 0 Å². The fraction of sp³-hybridized carbons (Fsp3) is 0.350. The van der Waals surface area contributed by atoms with E-state index >= 15 is 0 Å². The molecule has 1 N–H and O–H groups in total. The predicted octanol–water partition coefficient (Wildman–Crippen LogP) is 2.14. The summed E-state index contributed by atoms with van der Waals surface area (Å²) in [5.41, 5.74) is 4.20. The molecule has 2 aromatic heterocycles. The summed E-state index contributed by atoms with van der Waals surface area (Å²) in [6.45, 7) is 5.34. The van der Waals surface area contributed by atoms with Gasteiger partial charge in [-0.2, -0.15) is 5.10 Å². The van der Waals surface area contributed by atoms with Crippen LogP contribution in [-0.2, 0) is 17.9 Å². The second-order valence-corrected chi connectivity index (χ2v) is 7.28. The molecule has 7 nitrogen and oxygen atoms in total. The second-order valence-electron chi connectivity index (χ2n) is 7.28. The molecular weight excluding hydrogens is 340 g/mol. The molecule has 1 saturated heterocycles. The summed E-state index contributed by atoms with van der Waals surface area (Å²) < 4.78 is 4.15. The average Bonchev–Trinajstić information content (AvgIpc) is 3.39. The van der Waals surface area contributed by atoms with E-state index in [-0.39, 0.29) is 11.9 Å². The molecule has 0 aliphatic carbocycles. The van der Waals surface area contributed by atoms with Gasteiger partial charge in [-0.25, -0.2) is 4.98 Å². The van der Waals surface area contributed by atoms with E-state index in [2.05, 4.69) is 27.9 Å². The van der Waals surface area contributed by atoms with Crippen molar-refractivity contribution in [1.82, 2.24) is 24.6 Å². The maximum atomic E-state index is 12.6. The molecular formula is C20H22N6O. The highest BCUT2D eigenvalue weighted by Gasteiger charge is 2.33. The standard InChI is InChI=1S/C20H22N6O/c1-14-2-4-15(5-3-14)25-13-17(11-19(25)27)24-8-7-22-20(24)18-10-16-12-21-6-9-26(16)23-18/h2-5,7-8,10,17,21H,6,9,11-13H2,1H3. The lowest BCUT2D eigenvalue weighted by atomic mass is 10.2. The minimum absolute atomic E-state index is 0.0631. The third kappa shape index (κ3) is 2.84. The van der Waals surface area contributed by atoms with Crippen molar-refractivity contribution in [2.24, 2.45) is 0 Å². The number of nitrogens with one attached hydrogen (secondary N) is 1. The van der Waals surface area contributed by atoms with Crippen molar-refractivity contribution in [1.29, 1.82) is 0 Å². The van der Waals surface area contributed by atoms with Gasteiger partial charge in [-0.05, 0) is 25.1 Å². The van der Waals surface area contributed by atoms with Crippen LogP contribution in [0, 0.1) is 6.92 Å². The van der Waals surface area contributed by atoms with E-state index < -0.39 is 0 Å². The van der Waals surface area contributed by atoms with Crippen molar-refractivity contribution in [3.05, 3.63) is 54.0 Å². The summed E-state index contributed by atoms with van der Waals surface area (Å²) >= 11 is 0. The van der Waals surface area contributed by atoms with E-state index in [1.807, 2.05) is 40.0 Å². The lowest BCUT2D eigenvalue weighted by molar-refractivity contribution is -0.117. The Balaban J connectivity index is 1.43. The number of benzene rings is 1. The Morgan fingerprint density at radius 3 is 2.89 bits per heavy atom. The number of carbonyl (C=O) groups excluding carboxylic acids is 1. The predicted molar refractivity (Wildman–Crippen MR) is 102 cm³/mol. The van der Waals surface area contributed by atoms with E-state index in [1.165, 1.54) is 11.3 Å². The SMILES string of the molecule is Cc1ccc(N2CC(n3ccnc3-c3cc4n(n3)CCNC4)CC2=O)cc1. The zero-order valence-electron chi connectivity index (χ0n) is 15.3. The van der Waals surface area contributed by atoms with Gasteiger partial charge in [-0.15, -0.1) is 0 Å². The van der Waals surface area contributed by atoms with Crippen molar-refractivity contribution in [2.45, 2.75) is 32.5 Å². The van der Waals surface area contributed by atoms with Crippen LogP contribution < -0.4 is 10.2 Å². The zero-order chi connectivity index (χ0) is 18.4. The monoisotopic (exact) mass is 362 g/mol. The maximum absolute atomic E-state index is 12.6. The molecule has 2 aliphatic heterocycles. The first kappa shape index (κ1) is 16.3. The molecule has 7 heteroatoms. The number of aryl methyl sites for hydroxylation is 1. The highest BCUT2D eigenvalue weighted by Crippen LogP contribution is 2.31. The molecule has 1 unspecified atom stereocenters. The van der Waals surface area contributed by atoms with Crippen LogP contribution in [0.1, 0.15) is 23.7 Å². The van der Waals surface area contributed by atoms with Crippen LogP contribution in [0.3, 0.4) is 0 Å². The molecule has 0 saturated carbocycles. The Bertz CT molecular complexity index is 963. The van der Waals surface area contributed by atoms with Crippen LogP contribution in [-0.4, -0.2) is 38.3 Å². The fourth-order valence-corrected chi connectivity index (χ4v) is 3.96. The number of carbonyl (C=O) groups is 1. The molecule has 1 amide bonds. The lowest BCUT2D eigenvalue weighted by Gasteiger charge is -2.18. The van der Waals surface area contributed by atoms with Crippen molar-refractivity contribution in [3.8, 4) is 11.5 Å². The van der Waals surface area contributed by atoms with E-state index in [1.54, 1.807) is 6.20 Å².